The van der Waals surface area contributed by atoms with Gasteiger partial charge < -0.3 is 19.3 Å². The first-order valence-corrected chi connectivity index (χ1v) is 10.9. The summed E-state index contributed by atoms with van der Waals surface area (Å²) in [7, 11) is 3.35. The van der Waals surface area contributed by atoms with Crippen molar-refractivity contribution in [2.45, 2.75) is 12.8 Å². The van der Waals surface area contributed by atoms with Crippen molar-refractivity contribution in [1.29, 1.82) is 0 Å². The summed E-state index contributed by atoms with van der Waals surface area (Å²) in [6.45, 7) is 1.79. The average Bonchev–Trinajstić information content (AvgIpc) is 2.80. The maximum Gasteiger partial charge on any atom is 0.253 e. The standard InChI is InChI=1S/C23H26Cl2N2O4/c1-26(12-13-31-21-8-4-3-7-20(21)30-2)22(28)17-6-5-11-27(15-17)23(29)16-9-10-18(24)19(25)14-16/h3-4,7-10,14,17H,5-6,11-13,15H2,1-2H3. The smallest absolute Gasteiger partial charge is 0.253 e. The van der Waals surface area contributed by atoms with Crippen molar-refractivity contribution < 1.29 is 19.1 Å². The highest BCUT2D eigenvalue weighted by atomic mass is 35.5. The topological polar surface area (TPSA) is 59.1 Å². The molecule has 31 heavy (non-hydrogen) atoms. The van der Waals surface area contributed by atoms with E-state index in [1.807, 2.05) is 24.3 Å². The summed E-state index contributed by atoms with van der Waals surface area (Å²) >= 11 is 12.0. The van der Waals surface area contributed by atoms with Crippen LogP contribution in [0.2, 0.25) is 10.0 Å². The molecule has 0 radical (unpaired) electrons. The number of piperidine rings is 1. The Labute approximate surface area is 192 Å². The number of ether oxygens (including phenoxy) is 2. The second-order valence-corrected chi connectivity index (χ2v) is 8.29. The SMILES string of the molecule is COc1ccccc1OCCN(C)C(=O)C1CCCN(C(=O)c2ccc(Cl)c(Cl)c2)C1. The molecule has 3 rings (SSSR count). The van der Waals surface area contributed by atoms with Crippen LogP contribution < -0.4 is 9.47 Å². The molecule has 0 N–H and O–H groups in total. The number of amides is 2. The molecular weight excluding hydrogens is 439 g/mol. The van der Waals surface area contributed by atoms with Gasteiger partial charge in [-0.1, -0.05) is 35.3 Å². The van der Waals surface area contributed by atoms with Crippen LogP contribution in [0.5, 0.6) is 11.5 Å². The van der Waals surface area contributed by atoms with Gasteiger partial charge in [-0.25, -0.2) is 0 Å². The van der Waals surface area contributed by atoms with E-state index in [4.69, 9.17) is 32.7 Å². The van der Waals surface area contributed by atoms with E-state index in [-0.39, 0.29) is 17.7 Å². The van der Waals surface area contributed by atoms with Crippen LogP contribution in [0.1, 0.15) is 23.2 Å². The van der Waals surface area contributed by atoms with Crippen LogP contribution in [-0.2, 0) is 4.79 Å². The van der Waals surface area contributed by atoms with Crippen molar-refractivity contribution in [2.24, 2.45) is 5.92 Å². The third-order valence-corrected chi connectivity index (χ3v) is 6.09. The Morgan fingerprint density at radius 2 is 1.87 bits per heavy atom. The summed E-state index contributed by atoms with van der Waals surface area (Å²) < 4.78 is 11.0. The number of carbonyl (C=O) groups excluding carboxylic acids is 2. The van der Waals surface area contributed by atoms with Gasteiger partial charge in [0.2, 0.25) is 5.91 Å². The number of benzene rings is 2. The number of halogens is 2. The molecule has 1 unspecified atom stereocenters. The first kappa shape index (κ1) is 23.2. The molecule has 1 heterocycles. The summed E-state index contributed by atoms with van der Waals surface area (Å²) in [5.41, 5.74) is 0.473. The summed E-state index contributed by atoms with van der Waals surface area (Å²) in [5, 5.41) is 0.744. The number of nitrogens with zero attached hydrogens (tertiary/aromatic N) is 2. The van der Waals surface area contributed by atoms with E-state index in [0.29, 0.717) is 53.3 Å². The predicted molar refractivity (Wildman–Crippen MR) is 121 cm³/mol. The zero-order valence-electron chi connectivity index (χ0n) is 17.6. The number of para-hydroxylation sites is 2. The van der Waals surface area contributed by atoms with E-state index in [2.05, 4.69) is 0 Å². The van der Waals surface area contributed by atoms with Gasteiger partial charge in [0, 0.05) is 25.7 Å². The highest BCUT2D eigenvalue weighted by Crippen LogP contribution is 2.27. The van der Waals surface area contributed by atoms with Gasteiger partial charge in [-0.05, 0) is 43.2 Å². The molecule has 1 aliphatic heterocycles. The molecule has 2 aromatic rings. The number of hydrogen-bond donors (Lipinski definition) is 0. The third-order valence-electron chi connectivity index (χ3n) is 5.35. The molecule has 1 saturated heterocycles. The Morgan fingerprint density at radius 1 is 1.13 bits per heavy atom. The van der Waals surface area contributed by atoms with Crippen LogP contribution in [0, 0.1) is 5.92 Å². The average molecular weight is 465 g/mol. The van der Waals surface area contributed by atoms with Gasteiger partial charge in [0.15, 0.2) is 11.5 Å². The Hall–Kier alpha value is -2.44. The molecule has 2 aromatic carbocycles. The van der Waals surface area contributed by atoms with Crippen molar-refractivity contribution in [3.8, 4) is 11.5 Å². The lowest BCUT2D eigenvalue weighted by Gasteiger charge is -2.34. The summed E-state index contributed by atoms with van der Waals surface area (Å²) in [5.74, 6) is 0.923. The molecule has 2 amide bonds. The molecule has 0 saturated carbocycles. The van der Waals surface area contributed by atoms with Crippen molar-refractivity contribution in [1.82, 2.24) is 9.80 Å². The third kappa shape index (κ3) is 5.83. The van der Waals surface area contributed by atoms with E-state index in [9.17, 15) is 9.59 Å². The van der Waals surface area contributed by atoms with Gasteiger partial charge >= 0.3 is 0 Å². The Balaban J connectivity index is 1.54. The summed E-state index contributed by atoms with van der Waals surface area (Å²) in [4.78, 5) is 29.2. The molecule has 1 aliphatic rings. The second kappa shape index (κ2) is 10.7. The largest absolute Gasteiger partial charge is 0.493 e. The van der Waals surface area contributed by atoms with Crippen LogP contribution in [0.25, 0.3) is 0 Å². The Bertz CT molecular complexity index is 938. The molecule has 0 aliphatic carbocycles. The molecule has 0 bridgehead atoms. The Kier molecular flexibility index (Phi) is 8.04. The quantitative estimate of drug-likeness (QED) is 0.609. The fraction of sp³-hybridized carbons (Fsp3) is 0.391. The summed E-state index contributed by atoms with van der Waals surface area (Å²) in [6, 6.07) is 12.2. The van der Waals surface area contributed by atoms with Crippen LogP contribution in [0.3, 0.4) is 0 Å². The predicted octanol–water partition coefficient (Wildman–Crippen LogP) is 4.39. The molecule has 8 heteroatoms. The highest BCUT2D eigenvalue weighted by Gasteiger charge is 2.30. The van der Waals surface area contributed by atoms with E-state index >= 15 is 0 Å². The van der Waals surface area contributed by atoms with Gasteiger partial charge in [-0.2, -0.15) is 0 Å². The first-order chi connectivity index (χ1) is 14.9. The summed E-state index contributed by atoms with van der Waals surface area (Å²) in [6.07, 6.45) is 1.52. The van der Waals surface area contributed by atoms with Crippen LogP contribution >= 0.6 is 23.2 Å². The van der Waals surface area contributed by atoms with E-state index in [0.717, 1.165) is 12.8 Å². The maximum atomic E-state index is 12.9. The van der Waals surface area contributed by atoms with Crippen molar-refractivity contribution in [2.75, 3.05) is 40.4 Å². The number of likely N-dealkylation sites (N-methyl/N-ethyl adjacent to an activating group) is 1. The number of methoxy groups -OCH3 is 1. The zero-order valence-corrected chi connectivity index (χ0v) is 19.2. The number of likely N-dealkylation sites (tertiary alicyclic amines) is 1. The monoisotopic (exact) mass is 464 g/mol. The van der Waals surface area contributed by atoms with Crippen molar-refractivity contribution >= 4 is 35.0 Å². The van der Waals surface area contributed by atoms with E-state index in [1.54, 1.807) is 42.2 Å². The molecule has 166 valence electrons. The molecule has 1 atom stereocenters. The number of hydrogen-bond acceptors (Lipinski definition) is 4. The number of carbonyl (C=O) groups is 2. The lowest BCUT2D eigenvalue weighted by molar-refractivity contribution is -0.135. The fourth-order valence-corrected chi connectivity index (χ4v) is 3.93. The van der Waals surface area contributed by atoms with Crippen LogP contribution in [0.15, 0.2) is 42.5 Å². The van der Waals surface area contributed by atoms with Gasteiger partial charge in [0.05, 0.1) is 29.6 Å². The second-order valence-electron chi connectivity index (χ2n) is 7.48. The van der Waals surface area contributed by atoms with Crippen LogP contribution in [-0.4, -0.2) is 62.0 Å². The van der Waals surface area contributed by atoms with E-state index < -0.39 is 0 Å². The van der Waals surface area contributed by atoms with Crippen LogP contribution in [0.4, 0.5) is 0 Å². The molecular formula is C23H26Cl2N2O4. The van der Waals surface area contributed by atoms with E-state index in [1.165, 1.54) is 0 Å². The molecule has 6 nitrogen and oxygen atoms in total. The van der Waals surface area contributed by atoms with Gasteiger partial charge in [0.25, 0.3) is 5.91 Å². The lowest BCUT2D eigenvalue weighted by Crippen LogP contribution is -2.46. The normalized spacial score (nSPS) is 16.0. The molecule has 0 aromatic heterocycles. The maximum absolute atomic E-state index is 12.9. The fourth-order valence-electron chi connectivity index (χ4n) is 3.63. The number of rotatable bonds is 7. The van der Waals surface area contributed by atoms with Gasteiger partial charge in [-0.3, -0.25) is 9.59 Å². The van der Waals surface area contributed by atoms with Gasteiger partial charge in [0.1, 0.15) is 6.61 Å². The van der Waals surface area contributed by atoms with Crippen molar-refractivity contribution in [3.63, 3.8) is 0 Å². The first-order valence-electron chi connectivity index (χ1n) is 10.2. The Morgan fingerprint density at radius 3 is 2.58 bits per heavy atom. The lowest BCUT2D eigenvalue weighted by atomic mass is 9.96. The minimum Gasteiger partial charge on any atom is -0.493 e. The minimum atomic E-state index is -0.239. The van der Waals surface area contributed by atoms with Crippen molar-refractivity contribution in [3.05, 3.63) is 58.1 Å². The molecule has 1 fully saturated rings. The highest BCUT2D eigenvalue weighted by molar-refractivity contribution is 6.42. The zero-order chi connectivity index (χ0) is 22.4. The van der Waals surface area contributed by atoms with Gasteiger partial charge in [-0.15, -0.1) is 0 Å². The molecule has 0 spiro atoms. The minimum absolute atomic E-state index is 0.00950.